The lowest BCUT2D eigenvalue weighted by Crippen LogP contribution is -2.48. The van der Waals surface area contributed by atoms with E-state index in [1.807, 2.05) is 51.1 Å². The smallest absolute Gasteiger partial charge is 0.238 e. The number of ketones is 1. The topological polar surface area (TPSA) is 62.5 Å². The van der Waals surface area contributed by atoms with Crippen molar-refractivity contribution in [3.8, 4) is 0 Å². The molecule has 0 spiro atoms. The lowest BCUT2D eigenvalue weighted by Gasteiger charge is -2.39. The van der Waals surface area contributed by atoms with E-state index >= 15 is 4.39 Å². The molecule has 1 aliphatic heterocycles. The average molecular weight is 479 g/mol. The van der Waals surface area contributed by atoms with Crippen LogP contribution in [0.5, 0.6) is 0 Å². The molecule has 1 unspecified atom stereocenters. The molecule has 1 saturated heterocycles. The Bertz CT molecular complexity index is 1110. The molecule has 2 heterocycles. The Kier molecular flexibility index (Phi) is 8.29. The zero-order valence-electron chi connectivity index (χ0n) is 20.9. The Morgan fingerprint density at radius 3 is 2.31 bits per heavy atom. The van der Waals surface area contributed by atoms with Crippen LogP contribution in [0.3, 0.4) is 0 Å². The van der Waals surface area contributed by atoms with Gasteiger partial charge in [-0.1, -0.05) is 57.2 Å². The molecule has 1 aliphatic rings. The highest BCUT2D eigenvalue weighted by Crippen LogP contribution is 2.30. The highest BCUT2D eigenvalue weighted by atomic mass is 19.1. The van der Waals surface area contributed by atoms with Gasteiger partial charge < -0.3 is 9.32 Å². The number of Topliss-reactive ketones (excluding diaryl/α,β-unsaturated/α-hetero) is 1. The average Bonchev–Trinajstić information content (AvgIpc) is 3.35. The summed E-state index contributed by atoms with van der Waals surface area (Å²) in [6.45, 7) is 8.88. The van der Waals surface area contributed by atoms with Crippen molar-refractivity contribution in [3.05, 3.63) is 77.3 Å². The van der Waals surface area contributed by atoms with E-state index in [9.17, 15) is 4.79 Å². The van der Waals surface area contributed by atoms with Gasteiger partial charge in [-0.05, 0) is 36.1 Å². The number of aryl methyl sites for hydroxylation is 1. The molecule has 4 rings (SSSR count). The van der Waals surface area contributed by atoms with Crippen molar-refractivity contribution in [1.29, 1.82) is 0 Å². The van der Waals surface area contributed by atoms with Crippen molar-refractivity contribution in [2.45, 2.75) is 52.5 Å². The Hall–Kier alpha value is -3.06. The maximum absolute atomic E-state index is 15.1. The van der Waals surface area contributed by atoms with Crippen LogP contribution in [-0.4, -0.2) is 47.1 Å². The third-order valence-electron chi connectivity index (χ3n) is 6.99. The minimum absolute atomic E-state index is 0.0515. The van der Waals surface area contributed by atoms with E-state index in [4.69, 9.17) is 4.42 Å². The molecule has 0 aliphatic carbocycles. The second-order valence-electron chi connectivity index (χ2n) is 9.17. The minimum atomic E-state index is -0.266. The van der Waals surface area contributed by atoms with E-state index in [1.54, 1.807) is 0 Å². The molecule has 6 nitrogen and oxygen atoms in total. The van der Waals surface area contributed by atoms with Gasteiger partial charge in [-0.2, -0.15) is 0 Å². The Balaban J connectivity index is 1.45. The molecule has 186 valence electrons. The zero-order valence-corrected chi connectivity index (χ0v) is 20.9. The van der Waals surface area contributed by atoms with Crippen LogP contribution in [0.25, 0.3) is 0 Å². The van der Waals surface area contributed by atoms with Crippen molar-refractivity contribution in [2.24, 2.45) is 5.92 Å². The van der Waals surface area contributed by atoms with Crippen LogP contribution in [0.15, 0.2) is 52.9 Å². The van der Waals surface area contributed by atoms with Crippen molar-refractivity contribution in [2.75, 3.05) is 31.1 Å². The van der Waals surface area contributed by atoms with Crippen molar-refractivity contribution in [3.63, 3.8) is 0 Å². The van der Waals surface area contributed by atoms with Gasteiger partial charge in [0, 0.05) is 44.9 Å². The van der Waals surface area contributed by atoms with E-state index < -0.39 is 0 Å². The minimum Gasteiger partial charge on any atom is -0.423 e. The molecule has 0 bridgehead atoms. The molecule has 3 aromatic rings. The van der Waals surface area contributed by atoms with Crippen LogP contribution >= 0.6 is 0 Å². The summed E-state index contributed by atoms with van der Waals surface area (Å²) < 4.78 is 21.0. The number of hydrogen-bond acceptors (Lipinski definition) is 6. The number of piperazine rings is 1. The molecular weight excluding hydrogens is 443 g/mol. The maximum Gasteiger partial charge on any atom is 0.238 e. The summed E-state index contributed by atoms with van der Waals surface area (Å²) in [6.07, 6.45) is 2.64. The SMILES string of the molecule is CCc1nnc(C(c2ccccc2)N2CCN(c3ccc(CC(=O)C(CC)CC)cc3F)CC2)o1. The number of anilines is 1. The van der Waals surface area contributed by atoms with Crippen molar-refractivity contribution in [1.82, 2.24) is 15.1 Å². The third-order valence-corrected chi connectivity index (χ3v) is 6.99. The summed E-state index contributed by atoms with van der Waals surface area (Å²) in [7, 11) is 0. The lowest BCUT2D eigenvalue weighted by molar-refractivity contribution is -0.122. The van der Waals surface area contributed by atoms with E-state index in [0.29, 0.717) is 43.4 Å². The van der Waals surface area contributed by atoms with Crippen LogP contribution < -0.4 is 4.90 Å². The molecule has 35 heavy (non-hydrogen) atoms. The second-order valence-corrected chi connectivity index (χ2v) is 9.17. The van der Waals surface area contributed by atoms with Crippen LogP contribution in [0.2, 0.25) is 0 Å². The number of carbonyl (C=O) groups excluding carboxylic acids is 1. The van der Waals surface area contributed by atoms with E-state index in [1.165, 1.54) is 6.07 Å². The fraction of sp³-hybridized carbons (Fsp3) is 0.464. The second kappa shape index (κ2) is 11.6. The van der Waals surface area contributed by atoms with Crippen molar-refractivity contribution >= 4 is 11.5 Å². The maximum atomic E-state index is 15.1. The first-order valence-corrected chi connectivity index (χ1v) is 12.7. The Labute approximate surface area is 207 Å². The first-order chi connectivity index (χ1) is 17.0. The van der Waals surface area contributed by atoms with Crippen LogP contribution in [0, 0.1) is 11.7 Å². The number of benzene rings is 2. The molecule has 0 N–H and O–H groups in total. The largest absolute Gasteiger partial charge is 0.423 e. The van der Waals surface area contributed by atoms with Gasteiger partial charge in [-0.3, -0.25) is 9.69 Å². The summed E-state index contributed by atoms with van der Waals surface area (Å²) in [6, 6.07) is 15.3. The molecule has 0 saturated carbocycles. The molecule has 2 aromatic carbocycles. The number of rotatable bonds is 10. The number of halogens is 1. The van der Waals surface area contributed by atoms with Crippen molar-refractivity contribution < 1.29 is 13.6 Å². The van der Waals surface area contributed by atoms with Gasteiger partial charge >= 0.3 is 0 Å². The van der Waals surface area contributed by atoms with E-state index in [0.717, 1.165) is 37.1 Å². The monoisotopic (exact) mass is 478 g/mol. The van der Waals surface area contributed by atoms with E-state index in [2.05, 4.69) is 32.1 Å². The predicted octanol–water partition coefficient (Wildman–Crippen LogP) is 5.23. The lowest BCUT2D eigenvalue weighted by atomic mass is 9.93. The third kappa shape index (κ3) is 5.78. The van der Waals surface area contributed by atoms with Crippen LogP contribution in [0.4, 0.5) is 10.1 Å². The number of hydrogen-bond donors (Lipinski definition) is 0. The van der Waals surface area contributed by atoms with E-state index in [-0.39, 0.29) is 23.6 Å². The highest BCUT2D eigenvalue weighted by Gasteiger charge is 2.31. The number of nitrogens with zero attached hydrogens (tertiary/aromatic N) is 4. The van der Waals surface area contributed by atoms with Gasteiger partial charge in [-0.15, -0.1) is 10.2 Å². The molecule has 1 aromatic heterocycles. The molecule has 1 atom stereocenters. The molecular formula is C28H35FN4O2. The summed E-state index contributed by atoms with van der Waals surface area (Å²) in [4.78, 5) is 16.9. The summed E-state index contributed by atoms with van der Waals surface area (Å²) >= 11 is 0. The normalized spacial score (nSPS) is 15.5. The van der Waals surface area contributed by atoms with Crippen LogP contribution in [0.1, 0.15) is 62.6 Å². The molecule has 7 heteroatoms. The first kappa shape index (κ1) is 25.0. The first-order valence-electron chi connectivity index (χ1n) is 12.7. The summed E-state index contributed by atoms with van der Waals surface area (Å²) in [5.41, 5.74) is 2.43. The van der Waals surface area contributed by atoms with Gasteiger partial charge in [0.15, 0.2) is 0 Å². The highest BCUT2D eigenvalue weighted by molar-refractivity contribution is 5.83. The predicted molar refractivity (Wildman–Crippen MR) is 135 cm³/mol. The van der Waals surface area contributed by atoms with Gasteiger partial charge in [0.1, 0.15) is 17.6 Å². The fourth-order valence-corrected chi connectivity index (χ4v) is 4.89. The van der Waals surface area contributed by atoms with Gasteiger partial charge in [0.05, 0.1) is 5.69 Å². The summed E-state index contributed by atoms with van der Waals surface area (Å²) in [5.74, 6) is 1.20. The van der Waals surface area contributed by atoms with Gasteiger partial charge in [0.2, 0.25) is 11.8 Å². The number of aromatic nitrogens is 2. The zero-order chi connectivity index (χ0) is 24.8. The fourth-order valence-electron chi connectivity index (χ4n) is 4.89. The molecule has 0 radical (unpaired) electrons. The quantitative estimate of drug-likeness (QED) is 0.398. The van der Waals surface area contributed by atoms with Gasteiger partial charge in [-0.25, -0.2) is 4.39 Å². The van der Waals surface area contributed by atoms with Gasteiger partial charge in [0.25, 0.3) is 0 Å². The summed E-state index contributed by atoms with van der Waals surface area (Å²) in [5, 5.41) is 8.50. The van der Waals surface area contributed by atoms with Crippen LogP contribution in [-0.2, 0) is 17.6 Å². The standard InChI is InChI=1S/C28H35FN4O2/c1-4-21(5-2)25(34)19-20-12-13-24(23(29)18-20)32-14-16-33(17-15-32)27(22-10-8-7-9-11-22)28-31-30-26(6-3)35-28/h7-13,18,21,27H,4-6,14-17,19H2,1-3H3. The Morgan fingerprint density at radius 2 is 1.71 bits per heavy atom. The Morgan fingerprint density at radius 1 is 1.00 bits per heavy atom. The number of carbonyl (C=O) groups is 1. The molecule has 0 amide bonds. The molecule has 1 fully saturated rings.